The molecule has 5 nitrogen and oxygen atoms in total. The van der Waals surface area contributed by atoms with E-state index in [4.69, 9.17) is 5.11 Å². The second-order valence-corrected chi connectivity index (χ2v) is 8.84. The Hall–Kier alpha value is -0.620. The fraction of sp³-hybridized carbons (Fsp3) is 0.917. The first-order valence-corrected chi connectivity index (χ1v) is 7.57. The van der Waals surface area contributed by atoms with E-state index in [1.807, 2.05) is 13.8 Å². The van der Waals surface area contributed by atoms with E-state index in [0.29, 0.717) is 19.4 Å². The molecular formula is C12H25NO4S. The quantitative estimate of drug-likeness (QED) is 0.746. The lowest BCUT2D eigenvalue weighted by Crippen LogP contribution is -2.40. The van der Waals surface area contributed by atoms with Gasteiger partial charge in [0.15, 0.2) is 0 Å². The Morgan fingerprint density at radius 3 is 2.00 bits per heavy atom. The van der Waals surface area contributed by atoms with E-state index in [0.717, 1.165) is 0 Å². The summed E-state index contributed by atoms with van der Waals surface area (Å²) in [5.41, 5.74) is -0.182. The van der Waals surface area contributed by atoms with Crippen molar-refractivity contribution in [2.24, 2.45) is 5.41 Å². The Labute approximate surface area is 110 Å². The van der Waals surface area contributed by atoms with Crippen molar-refractivity contribution in [2.75, 3.05) is 6.54 Å². The second-order valence-electron chi connectivity index (χ2n) is 6.32. The maximum Gasteiger partial charge on any atom is 0.303 e. The molecule has 2 N–H and O–H groups in total. The zero-order chi connectivity index (χ0) is 14.6. The third kappa shape index (κ3) is 6.35. The standard InChI is InChI=1S/C12H25NO4S/c1-11(2,3)18(16,17)13-9-8-12(4,5)7-6-10(14)15/h13H,6-9H2,1-5H3,(H,14,15). The van der Waals surface area contributed by atoms with Crippen molar-refractivity contribution in [3.63, 3.8) is 0 Å². The third-order valence-corrected chi connectivity index (χ3v) is 5.11. The molecular weight excluding hydrogens is 254 g/mol. The van der Waals surface area contributed by atoms with Gasteiger partial charge in [-0.1, -0.05) is 13.8 Å². The Balaban J connectivity index is 4.23. The average Bonchev–Trinajstić information content (AvgIpc) is 2.12. The topological polar surface area (TPSA) is 83.5 Å². The van der Waals surface area contributed by atoms with Gasteiger partial charge in [0.05, 0.1) is 4.75 Å². The Morgan fingerprint density at radius 2 is 1.61 bits per heavy atom. The molecule has 0 radical (unpaired) electrons. The molecule has 0 bridgehead atoms. The largest absolute Gasteiger partial charge is 0.481 e. The van der Waals surface area contributed by atoms with Gasteiger partial charge in [-0.05, 0) is 39.0 Å². The number of carboxylic acids is 1. The molecule has 18 heavy (non-hydrogen) atoms. The zero-order valence-electron chi connectivity index (χ0n) is 11.9. The van der Waals surface area contributed by atoms with Crippen molar-refractivity contribution in [1.82, 2.24) is 4.72 Å². The van der Waals surface area contributed by atoms with Crippen LogP contribution in [0.3, 0.4) is 0 Å². The number of aliphatic carboxylic acids is 1. The molecule has 0 saturated heterocycles. The number of hydrogen-bond donors (Lipinski definition) is 2. The third-order valence-electron chi connectivity index (χ3n) is 2.92. The van der Waals surface area contributed by atoms with Crippen LogP contribution in [0.1, 0.15) is 53.9 Å². The van der Waals surface area contributed by atoms with Crippen LogP contribution >= 0.6 is 0 Å². The Bertz CT molecular complexity index is 379. The van der Waals surface area contributed by atoms with E-state index in [1.54, 1.807) is 20.8 Å². The average molecular weight is 279 g/mol. The fourth-order valence-corrected chi connectivity index (χ4v) is 2.11. The molecule has 0 aromatic rings. The normalized spacial score (nSPS) is 13.6. The van der Waals surface area contributed by atoms with Crippen molar-refractivity contribution in [1.29, 1.82) is 0 Å². The van der Waals surface area contributed by atoms with Gasteiger partial charge < -0.3 is 5.11 Å². The molecule has 0 amide bonds. The van der Waals surface area contributed by atoms with Gasteiger partial charge in [-0.2, -0.15) is 0 Å². The van der Waals surface area contributed by atoms with Crippen LogP contribution in [-0.2, 0) is 14.8 Å². The van der Waals surface area contributed by atoms with E-state index in [-0.39, 0.29) is 11.8 Å². The van der Waals surface area contributed by atoms with Crippen LogP contribution in [0.2, 0.25) is 0 Å². The maximum atomic E-state index is 11.8. The lowest BCUT2D eigenvalue weighted by Gasteiger charge is -2.25. The SMILES string of the molecule is CC(C)(CCNS(=O)(=O)C(C)(C)C)CCC(=O)O. The van der Waals surface area contributed by atoms with Crippen molar-refractivity contribution < 1.29 is 18.3 Å². The molecule has 0 atom stereocenters. The minimum absolute atomic E-state index is 0.110. The first kappa shape index (κ1) is 17.4. The number of nitrogens with one attached hydrogen (secondary N) is 1. The number of hydrogen-bond acceptors (Lipinski definition) is 3. The van der Waals surface area contributed by atoms with Gasteiger partial charge in [0.1, 0.15) is 0 Å². The molecule has 0 heterocycles. The predicted molar refractivity (Wildman–Crippen MR) is 71.9 cm³/mol. The molecule has 0 saturated carbocycles. The second kappa shape index (κ2) is 6.02. The van der Waals surface area contributed by atoms with Crippen LogP contribution in [0.25, 0.3) is 0 Å². The van der Waals surface area contributed by atoms with Crippen molar-refractivity contribution in [3.05, 3.63) is 0 Å². The van der Waals surface area contributed by atoms with Crippen LogP contribution in [0.15, 0.2) is 0 Å². The Morgan fingerprint density at radius 1 is 1.11 bits per heavy atom. The minimum Gasteiger partial charge on any atom is -0.481 e. The molecule has 0 fully saturated rings. The van der Waals surface area contributed by atoms with Crippen LogP contribution in [-0.4, -0.2) is 30.8 Å². The minimum atomic E-state index is -3.32. The summed E-state index contributed by atoms with van der Waals surface area (Å²) in [5.74, 6) is -0.821. The Kier molecular flexibility index (Phi) is 5.81. The van der Waals surface area contributed by atoms with Crippen LogP contribution in [0.5, 0.6) is 0 Å². The van der Waals surface area contributed by atoms with Gasteiger partial charge in [-0.25, -0.2) is 13.1 Å². The van der Waals surface area contributed by atoms with Crippen molar-refractivity contribution in [3.8, 4) is 0 Å². The molecule has 0 aliphatic heterocycles. The summed E-state index contributed by atoms with van der Waals surface area (Å²) >= 11 is 0. The van der Waals surface area contributed by atoms with Gasteiger partial charge in [0.25, 0.3) is 0 Å². The van der Waals surface area contributed by atoms with Gasteiger partial charge >= 0.3 is 5.97 Å². The number of carboxylic acid groups (broad SMARTS) is 1. The van der Waals surface area contributed by atoms with Crippen molar-refractivity contribution >= 4 is 16.0 Å². The maximum absolute atomic E-state index is 11.8. The van der Waals surface area contributed by atoms with E-state index < -0.39 is 20.7 Å². The summed E-state index contributed by atoms with van der Waals surface area (Å²) in [6, 6.07) is 0. The zero-order valence-corrected chi connectivity index (χ0v) is 12.7. The summed E-state index contributed by atoms with van der Waals surface area (Å²) in [5, 5.41) is 8.63. The van der Waals surface area contributed by atoms with E-state index in [2.05, 4.69) is 4.72 Å². The molecule has 0 aromatic carbocycles. The van der Waals surface area contributed by atoms with Gasteiger partial charge in [0.2, 0.25) is 10.0 Å². The molecule has 108 valence electrons. The summed E-state index contributed by atoms with van der Waals surface area (Å²) in [6.45, 7) is 9.16. The van der Waals surface area contributed by atoms with E-state index in [1.165, 1.54) is 0 Å². The predicted octanol–water partition coefficient (Wildman–Crippen LogP) is 1.99. The van der Waals surface area contributed by atoms with Crippen LogP contribution in [0.4, 0.5) is 0 Å². The smallest absolute Gasteiger partial charge is 0.303 e. The van der Waals surface area contributed by atoms with Crippen LogP contribution in [0, 0.1) is 5.41 Å². The van der Waals surface area contributed by atoms with Crippen LogP contribution < -0.4 is 4.72 Å². The molecule has 0 spiro atoms. The highest BCUT2D eigenvalue weighted by molar-refractivity contribution is 7.90. The molecule has 0 aliphatic rings. The molecule has 0 aliphatic carbocycles. The van der Waals surface area contributed by atoms with E-state index >= 15 is 0 Å². The number of rotatable bonds is 7. The van der Waals surface area contributed by atoms with E-state index in [9.17, 15) is 13.2 Å². The lowest BCUT2D eigenvalue weighted by atomic mass is 9.84. The first-order valence-electron chi connectivity index (χ1n) is 6.08. The fourth-order valence-electron chi connectivity index (χ4n) is 1.31. The molecule has 0 aromatic heterocycles. The summed E-state index contributed by atoms with van der Waals surface area (Å²) in [4.78, 5) is 10.5. The molecule has 0 unspecified atom stereocenters. The molecule has 6 heteroatoms. The van der Waals surface area contributed by atoms with Gasteiger partial charge in [-0.15, -0.1) is 0 Å². The first-order chi connectivity index (χ1) is 7.87. The summed E-state index contributed by atoms with van der Waals surface area (Å²) in [6.07, 6.45) is 1.27. The highest BCUT2D eigenvalue weighted by atomic mass is 32.2. The van der Waals surface area contributed by atoms with Crippen molar-refractivity contribution in [2.45, 2.75) is 58.6 Å². The number of sulfonamides is 1. The summed E-state index contributed by atoms with van der Waals surface area (Å²) in [7, 11) is -3.32. The number of carbonyl (C=O) groups is 1. The highest BCUT2D eigenvalue weighted by Crippen LogP contribution is 2.26. The lowest BCUT2D eigenvalue weighted by molar-refractivity contribution is -0.137. The van der Waals surface area contributed by atoms with Gasteiger partial charge in [-0.3, -0.25) is 4.79 Å². The van der Waals surface area contributed by atoms with Gasteiger partial charge in [0, 0.05) is 13.0 Å². The monoisotopic (exact) mass is 279 g/mol. The molecule has 0 rings (SSSR count). The highest BCUT2D eigenvalue weighted by Gasteiger charge is 2.29. The summed E-state index contributed by atoms with van der Waals surface area (Å²) < 4.78 is 25.3.